The number of imidazole rings is 1. The van der Waals surface area contributed by atoms with Crippen LogP contribution in [-0.4, -0.2) is 51.8 Å². The minimum atomic E-state index is -1.36. The number of ketones is 1. The summed E-state index contributed by atoms with van der Waals surface area (Å²) in [5.41, 5.74) is -1.42. The molecule has 8 nitrogen and oxygen atoms in total. The molecule has 1 aliphatic heterocycles. The Balaban J connectivity index is 2.52. The summed E-state index contributed by atoms with van der Waals surface area (Å²) in [4.78, 5) is 43.1. The zero-order valence-corrected chi connectivity index (χ0v) is 21.8. The molecule has 1 aliphatic rings. The zero-order valence-electron chi connectivity index (χ0n) is 21.8. The largest absolute Gasteiger partial charge is 0.458 e. The summed E-state index contributed by atoms with van der Waals surface area (Å²) in [6, 6.07) is 0. The number of methoxy groups -OCH3 is 1. The van der Waals surface area contributed by atoms with E-state index in [-0.39, 0.29) is 29.5 Å². The van der Waals surface area contributed by atoms with E-state index in [1.165, 1.54) is 23.3 Å². The molecule has 0 aromatic carbocycles. The van der Waals surface area contributed by atoms with Gasteiger partial charge in [-0.05, 0) is 64.0 Å². The van der Waals surface area contributed by atoms with Crippen molar-refractivity contribution in [1.29, 1.82) is 0 Å². The van der Waals surface area contributed by atoms with Gasteiger partial charge >= 0.3 is 12.1 Å². The fourth-order valence-corrected chi connectivity index (χ4v) is 5.06. The fourth-order valence-electron chi connectivity index (χ4n) is 5.06. The van der Waals surface area contributed by atoms with Gasteiger partial charge in [-0.1, -0.05) is 27.7 Å². The standard InChI is InChI=1S/C26H40N2O6/c1-9-21-26(7,34-24(31)28-11-10-27-16-28)15-20(5)22(29)19(4)14-25(6,32-8)13-17(2)12-18(3)23(30)33-21/h10-11,15-19,21H,9,12-14H2,1-8H3/b20-15+/t17-,18+,19+,21+,25-,26-/m0/s1. The predicted molar refractivity (Wildman–Crippen MR) is 128 cm³/mol. The van der Waals surface area contributed by atoms with Gasteiger partial charge in [-0.3, -0.25) is 9.59 Å². The number of hydrogen-bond acceptors (Lipinski definition) is 7. The van der Waals surface area contributed by atoms with Gasteiger partial charge in [0.2, 0.25) is 0 Å². The van der Waals surface area contributed by atoms with E-state index in [4.69, 9.17) is 14.2 Å². The van der Waals surface area contributed by atoms with E-state index in [1.807, 2.05) is 27.7 Å². The molecule has 0 amide bonds. The molecule has 6 atom stereocenters. The van der Waals surface area contributed by atoms with Crippen LogP contribution >= 0.6 is 0 Å². The number of carbonyl (C=O) groups is 3. The molecule has 8 heteroatoms. The van der Waals surface area contributed by atoms with Crippen LogP contribution < -0.4 is 0 Å². The van der Waals surface area contributed by atoms with Gasteiger partial charge in [-0.2, -0.15) is 0 Å². The highest BCUT2D eigenvalue weighted by Gasteiger charge is 2.41. The highest BCUT2D eigenvalue weighted by molar-refractivity contribution is 5.96. The maximum atomic E-state index is 13.3. The average molecular weight is 477 g/mol. The monoisotopic (exact) mass is 476 g/mol. The lowest BCUT2D eigenvalue weighted by Gasteiger charge is -2.37. The fraction of sp³-hybridized carbons (Fsp3) is 0.692. The molecule has 34 heavy (non-hydrogen) atoms. The second-order valence-electron chi connectivity index (χ2n) is 10.3. The molecule has 0 unspecified atom stereocenters. The second-order valence-corrected chi connectivity index (χ2v) is 10.3. The second kappa shape index (κ2) is 11.3. The van der Waals surface area contributed by atoms with Crippen LogP contribution in [0.15, 0.2) is 30.4 Å². The summed E-state index contributed by atoms with van der Waals surface area (Å²) in [5, 5.41) is 0. The Bertz CT molecular complexity index is 895. The van der Waals surface area contributed by atoms with Gasteiger partial charge in [0.25, 0.3) is 0 Å². The summed E-state index contributed by atoms with van der Waals surface area (Å²) < 4.78 is 18.8. The van der Waals surface area contributed by atoms with Gasteiger partial charge in [0.1, 0.15) is 12.4 Å². The van der Waals surface area contributed by atoms with Crippen molar-refractivity contribution in [3.8, 4) is 0 Å². The van der Waals surface area contributed by atoms with E-state index in [9.17, 15) is 14.4 Å². The summed E-state index contributed by atoms with van der Waals surface area (Å²) in [7, 11) is 1.66. The SMILES string of the molecule is CC[C@H]1OC(=O)[C@H](C)C[C@H](C)C[C@](C)(OC)C[C@@H](C)C(=O)/C(C)=C/[C@]1(C)OC(=O)n1ccnc1. The Kier molecular flexibility index (Phi) is 9.22. The van der Waals surface area contributed by atoms with E-state index in [0.29, 0.717) is 24.8 Å². The lowest BCUT2D eigenvalue weighted by Crippen LogP contribution is -2.46. The molecule has 0 bridgehead atoms. The third-order valence-corrected chi connectivity index (χ3v) is 6.80. The number of nitrogens with zero attached hydrogens (tertiary/aromatic N) is 2. The quantitative estimate of drug-likeness (QED) is 0.569. The molecule has 1 aromatic heterocycles. The topological polar surface area (TPSA) is 96.7 Å². The van der Waals surface area contributed by atoms with E-state index in [1.54, 1.807) is 27.0 Å². The number of cyclic esters (lactones) is 1. The van der Waals surface area contributed by atoms with Crippen molar-refractivity contribution < 1.29 is 28.6 Å². The molecule has 0 saturated carbocycles. The normalized spacial score (nSPS) is 35.6. The molecule has 0 fully saturated rings. The third-order valence-electron chi connectivity index (χ3n) is 6.80. The number of carbonyl (C=O) groups excluding carboxylic acids is 3. The minimum absolute atomic E-state index is 0.0626. The van der Waals surface area contributed by atoms with Crippen LogP contribution in [0, 0.1) is 17.8 Å². The van der Waals surface area contributed by atoms with Gasteiger partial charge < -0.3 is 14.2 Å². The molecule has 0 saturated heterocycles. The Morgan fingerprint density at radius 2 is 1.88 bits per heavy atom. The van der Waals surface area contributed by atoms with Crippen molar-refractivity contribution >= 4 is 17.8 Å². The lowest BCUT2D eigenvalue weighted by atomic mass is 9.79. The van der Waals surface area contributed by atoms with Gasteiger partial charge in [0.05, 0.1) is 11.5 Å². The van der Waals surface area contributed by atoms with Crippen LogP contribution in [0.2, 0.25) is 0 Å². The Morgan fingerprint density at radius 1 is 1.21 bits per heavy atom. The molecule has 190 valence electrons. The number of ether oxygens (including phenoxy) is 3. The molecule has 0 radical (unpaired) electrons. The maximum absolute atomic E-state index is 13.3. The average Bonchev–Trinajstić information content (AvgIpc) is 3.30. The number of rotatable bonds is 3. The van der Waals surface area contributed by atoms with Crippen LogP contribution in [0.4, 0.5) is 4.79 Å². The molecule has 0 aliphatic carbocycles. The van der Waals surface area contributed by atoms with Crippen LogP contribution in [-0.2, 0) is 23.8 Å². The van der Waals surface area contributed by atoms with Gasteiger partial charge in [-0.25, -0.2) is 14.3 Å². The Morgan fingerprint density at radius 3 is 2.44 bits per heavy atom. The molecule has 0 N–H and O–H groups in total. The number of esters is 1. The van der Waals surface area contributed by atoms with Gasteiger partial charge in [0.15, 0.2) is 11.4 Å². The molecular formula is C26H40N2O6. The van der Waals surface area contributed by atoms with Gasteiger partial charge in [-0.15, -0.1) is 0 Å². The van der Waals surface area contributed by atoms with Gasteiger partial charge in [0, 0.05) is 25.4 Å². The first kappa shape index (κ1) is 27.8. The Hall–Kier alpha value is -2.48. The first-order valence-electron chi connectivity index (χ1n) is 12.0. The van der Waals surface area contributed by atoms with Crippen molar-refractivity contribution in [2.24, 2.45) is 17.8 Å². The maximum Gasteiger partial charge on any atom is 0.420 e. The van der Waals surface area contributed by atoms with E-state index >= 15 is 0 Å². The summed E-state index contributed by atoms with van der Waals surface area (Å²) in [5.74, 6) is -0.881. The highest BCUT2D eigenvalue weighted by Crippen LogP contribution is 2.34. The van der Waals surface area contributed by atoms with E-state index < -0.39 is 23.4 Å². The Labute approximate surface area is 203 Å². The predicted octanol–water partition coefficient (Wildman–Crippen LogP) is 4.96. The molecule has 2 rings (SSSR count). The summed E-state index contributed by atoms with van der Waals surface area (Å²) >= 11 is 0. The van der Waals surface area contributed by atoms with E-state index in [2.05, 4.69) is 11.9 Å². The highest BCUT2D eigenvalue weighted by atomic mass is 16.6. The molecule has 0 spiro atoms. The number of aromatic nitrogens is 2. The van der Waals surface area contributed by atoms with Crippen molar-refractivity contribution in [2.75, 3.05) is 7.11 Å². The van der Waals surface area contributed by atoms with Crippen molar-refractivity contribution in [2.45, 2.75) is 91.5 Å². The zero-order chi connectivity index (χ0) is 25.7. The number of hydrogen-bond donors (Lipinski definition) is 0. The van der Waals surface area contributed by atoms with Crippen molar-refractivity contribution in [3.63, 3.8) is 0 Å². The van der Waals surface area contributed by atoms with Crippen molar-refractivity contribution in [1.82, 2.24) is 9.55 Å². The molecular weight excluding hydrogens is 436 g/mol. The minimum Gasteiger partial charge on any atom is -0.458 e. The first-order chi connectivity index (χ1) is 15.8. The lowest BCUT2D eigenvalue weighted by molar-refractivity contribution is -0.165. The van der Waals surface area contributed by atoms with Crippen molar-refractivity contribution in [3.05, 3.63) is 30.4 Å². The smallest absolute Gasteiger partial charge is 0.420 e. The number of allylic oxidation sites excluding steroid dienone is 1. The van der Waals surface area contributed by atoms with Crippen LogP contribution in [0.25, 0.3) is 0 Å². The van der Waals surface area contributed by atoms with Crippen LogP contribution in [0.3, 0.4) is 0 Å². The van der Waals surface area contributed by atoms with Crippen LogP contribution in [0.1, 0.15) is 74.1 Å². The van der Waals surface area contributed by atoms with Crippen LogP contribution in [0.5, 0.6) is 0 Å². The number of Topliss-reactive ketones (excluding diaryl/α,β-unsaturated/α-hetero) is 1. The first-order valence-corrected chi connectivity index (χ1v) is 12.0. The molecule has 2 heterocycles. The molecule has 1 aromatic rings. The van der Waals surface area contributed by atoms with E-state index in [0.717, 1.165) is 6.42 Å². The third kappa shape index (κ3) is 6.78. The summed E-state index contributed by atoms with van der Waals surface area (Å²) in [6.45, 7) is 13.1. The summed E-state index contributed by atoms with van der Waals surface area (Å²) in [6.07, 6.45) is 6.74.